The van der Waals surface area contributed by atoms with Crippen LogP contribution >= 0.6 is 0 Å². The molecule has 0 spiro atoms. The Morgan fingerprint density at radius 3 is 2.55 bits per heavy atom. The Morgan fingerprint density at radius 1 is 1.10 bits per heavy atom. The summed E-state index contributed by atoms with van der Waals surface area (Å²) < 4.78 is 10.4. The first-order chi connectivity index (χ1) is 15.1. The van der Waals surface area contributed by atoms with Gasteiger partial charge >= 0.3 is 5.97 Å². The normalized spacial score (nSPS) is 14.6. The number of piperazine rings is 1. The van der Waals surface area contributed by atoms with Crippen LogP contribution in [0.3, 0.4) is 0 Å². The van der Waals surface area contributed by atoms with Crippen LogP contribution in [-0.4, -0.2) is 60.9 Å². The van der Waals surface area contributed by atoms with E-state index in [1.54, 1.807) is 32.4 Å². The van der Waals surface area contributed by atoms with E-state index in [0.717, 1.165) is 54.1 Å². The molecular weight excluding hydrogens is 394 g/mol. The Hall–Kier alpha value is -3.32. The fraction of sp³-hybridized carbons (Fsp3) is 0.333. The fourth-order valence-electron chi connectivity index (χ4n) is 3.91. The lowest BCUT2D eigenvalue weighted by atomic mass is 10.0. The highest BCUT2D eigenvalue weighted by Gasteiger charge is 2.20. The quantitative estimate of drug-likeness (QED) is 0.611. The molecule has 2 aromatic carbocycles. The third-order valence-electron chi connectivity index (χ3n) is 5.65. The van der Waals surface area contributed by atoms with E-state index in [1.807, 2.05) is 30.3 Å². The van der Waals surface area contributed by atoms with Crippen molar-refractivity contribution in [3.05, 3.63) is 59.8 Å². The molecule has 0 bridgehead atoms. The SMILES string of the molecule is CCOC(=O)c1ccc(N2CCN(Cc3c(O)ccc4ccc(OC)cc34)CC2)nc1. The van der Waals surface area contributed by atoms with Gasteiger partial charge in [-0.05, 0) is 48.0 Å². The molecule has 1 fully saturated rings. The van der Waals surface area contributed by atoms with Crippen molar-refractivity contribution in [3.63, 3.8) is 0 Å². The maximum atomic E-state index is 11.8. The second-order valence-electron chi connectivity index (χ2n) is 7.54. The summed E-state index contributed by atoms with van der Waals surface area (Å²) in [6.07, 6.45) is 1.57. The van der Waals surface area contributed by atoms with Gasteiger partial charge in [-0.1, -0.05) is 12.1 Å². The van der Waals surface area contributed by atoms with Crippen LogP contribution in [0, 0.1) is 0 Å². The standard InChI is InChI=1S/C24H27N3O4/c1-3-31-24(29)18-6-9-23(25-15-18)27-12-10-26(11-13-27)16-21-20-14-19(30-2)7-4-17(20)5-8-22(21)28/h4-9,14-15,28H,3,10-13,16H2,1-2H3. The summed E-state index contributed by atoms with van der Waals surface area (Å²) in [5, 5.41) is 12.6. The highest BCUT2D eigenvalue weighted by Crippen LogP contribution is 2.31. The number of aromatic nitrogens is 1. The topological polar surface area (TPSA) is 75.1 Å². The number of phenols is 1. The molecule has 7 heteroatoms. The van der Waals surface area contributed by atoms with Gasteiger partial charge in [-0.25, -0.2) is 9.78 Å². The minimum Gasteiger partial charge on any atom is -0.508 e. The van der Waals surface area contributed by atoms with E-state index in [4.69, 9.17) is 9.47 Å². The molecule has 1 aliphatic rings. The van der Waals surface area contributed by atoms with Crippen molar-refractivity contribution in [2.75, 3.05) is 44.8 Å². The van der Waals surface area contributed by atoms with E-state index in [1.165, 1.54) is 0 Å². The number of anilines is 1. The number of nitrogens with zero attached hydrogens (tertiary/aromatic N) is 3. The van der Waals surface area contributed by atoms with E-state index < -0.39 is 0 Å². The molecule has 3 aromatic rings. The van der Waals surface area contributed by atoms with Crippen LogP contribution < -0.4 is 9.64 Å². The molecule has 0 atom stereocenters. The first kappa shape index (κ1) is 20.9. The molecule has 0 aliphatic carbocycles. The van der Waals surface area contributed by atoms with E-state index in [9.17, 15) is 9.90 Å². The number of ether oxygens (including phenoxy) is 2. The Bertz CT molecular complexity index is 1060. The van der Waals surface area contributed by atoms with Gasteiger partial charge in [0.2, 0.25) is 0 Å². The minimum absolute atomic E-state index is 0.305. The van der Waals surface area contributed by atoms with Crippen LogP contribution in [0.15, 0.2) is 48.7 Å². The molecule has 2 heterocycles. The number of methoxy groups -OCH3 is 1. The maximum Gasteiger partial charge on any atom is 0.339 e. The molecule has 0 saturated carbocycles. The average Bonchev–Trinajstić information content (AvgIpc) is 2.81. The third kappa shape index (κ3) is 4.56. The van der Waals surface area contributed by atoms with E-state index in [-0.39, 0.29) is 5.97 Å². The highest BCUT2D eigenvalue weighted by atomic mass is 16.5. The molecule has 31 heavy (non-hydrogen) atoms. The maximum absolute atomic E-state index is 11.8. The van der Waals surface area contributed by atoms with Gasteiger partial charge in [-0.15, -0.1) is 0 Å². The van der Waals surface area contributed by atoms with E-state index >= 15 is 0 Å². The van der Waals surface area contributed by atoms with Crippen LogP contribution in [-0.2, 0) is 11.3 Å². The number of fused-ring (bicyclic) bond motifs is 1. The second kappa shape index (κ2) is 9.22. The largest absolute Gasteiger partial charge is 0.508 e. The predicted octanol–water partition coefficient (Wildman–Crippen LogP) is 3.45. The van der Waals surface area contributed by atoms with Gasteiger partial charge in [0.15, 0.2) is 0 Å². The summed E-state index contributed by atoms with van der Waals surface area (Å²) in [6.45, 7) is 6.14. The van der Waals surface area contributed by atoms with Gasteiger partial charge in [0.05, 0.1) is 19.3 Å². The number of hydrogen-bond acceptors (Lipinski definition) is 7. The average molecular weight is 421 g/mol. The Balaban J connectivity index is 1.43. The number of carbonyl (C=O) groups excluding carboxylic acids is 1. The van der Waals surface area contributed by atoms with Crippen molar-refractivity contribution < 1.29 is 19.4 Å². The van der Waals surface area contributed by atoms with Gasteiger partial charge < -0.3 is 19.5 Å². The van der Waals surface area contributed by atoms with Crippen molar-refractivity contribution in [1.29, 1.82) is 0 Å². The van der Waals surface area contributed by atoms with Gasteiger partial charge in [0.1, 0.15) is 17.3 Å². The molecule has 1 aliphatic heterocycles. The summed E-state index contributed by atoms with van der Waals surface area (Å²) in [5.41, 5.74) is 1.38. The molecular formula is C24H27N3O4. The molecule has 162 valence electrons. The number of benzene rings is 2. The van der Waals surface area contributed by atoms with Gasteiger partial charge in [0.25, 0.3) is 0 Å². The number of carbonyl (C=O) groups is 1. The molecule has 7 nitrogen and oxygen atoms in total. The molecule has 4 rings (SSSR count). The van der Waals surface area contributed by atoms with Crippen molar-refractivity contribution in [2.24, 2.45) is 0 Å². The van der Waals surface area contributed by atoms with E-state index in [2.05, 4.69) is 14.8 Å². The minimum atomic E-state index is -0.349. The number of pyridine rings is 1. The summed E-state index contributed by atoms with van der Waals surface area (Å²) in [6, 6.07) is 13.2. The summed E-state index contributed by atoms with van der Waals surface area (Å²) in [5.74, 6) is 1.59. The zero-order chi connectivity index (χ0) is 21.8. The van der Waals surface area contributed by atoms with Gasteiger partial charge in [-0.2, -0.15) is 0 Å². The monoisotopic (exact) mass is 421 g/mol. The zero-order valence-corrected chi connectivity index (χ0v) is 17.9. The second-order valence-corrected chi connectivity index (χ2v) is 7.54. The Morgan fingerprint density at radius 2 is 1.87 bits per heavy atom. The highest BCUT2D eigenvalue weighted by molar-refractivity contribution is 5.89. The number of phenolic OH excluding ortho intramolecular Hbond substituents is 1. The predicted molar refractivity (Wildman–Crippen MR) is 120 cm³/mol. The smallest absolute Gasteiger partial charge is 0.339 e. The molecule has 0 amide bonds. The van der Waals surface area contributed by atoms with Crippen molar-refractivity contribution in [3.8, 4) is 11.5 Å². The van der Waals surface area contributed by atoms with E-state index in [0.29, 0.717) is 24.5 Å². The van der Waals surface area contributed by atoms with Crippen molar-refractivity contribution >= 4 is 22.6 Å². The zero-order valence-electron chi connectivity index (χ0n) is 17.9. The summed E-state index contributed by atoms with van der Waals surface area (Å²) in [4.78, 5) is 20.8. The Kier molecular flexibility index (Phi) is 6.23. The summed E-state index contributed by atoms with van der Waals surface area (Å²) >= 11 is 0. The lowest BCUT2D eigenvalue weighted by molar-refractivity contribution is 0.0526. The number of aromatic hydroxyl groups is 1. The number of rotatable bonds is 6. The fourth-order valence-corrected chi connectivity index (χ4v) is 3.91. The van der Waals surface area contributed by atoms with Crippen LogP contribution in [0.2, 0.25) is 0 Å². The third-order valence-corrected chi connectivity index (χ3v) is 5.65. The molecule has 0 radical (unpaired) electrons. The van der Waals surface area contributed by atoms with Gasteiger partial charge in [-0.3, -0.25) is 4.90 Å². The number of esters is 1. The Labute approximate surface area is 181 Å². The molecule has 0 unspecified atom stereocenters. The van der Waals surface area contributed by atoms with Crippen LogP contribution in [0.4, 0.5) is 5.82 Å². The lowest BCUT2D eigenvalue weighted by Gasteiger charge is -2.35. The van der Waals surface area contributed by atoms with Gasteiger partial charge in [0, 0.05) is 44.5 Å². The first-order valence-electron chi connectivity index (χ1n) is 10.5. The van der Waals surface area contributed by atoms with Crippen molar-refractivity contribution in [1.82, 2.24) is 9.88 Å². The van der Waals surface area contributed by atoms with Crippen LogP contribution in [0.25, 0.3) is 10.8 Å². The first-order valence-corrected chi connectivity index (χ1v) is 10.5. The van der Waals surface area contributed by atoms with Crippen molar-refractivity contribution in [2.45, 2.75) is 13.5 Å². The van der Waals surface area contributed by atoms with Crippen LogP contribution in [0.5, 0.6) is 11.5 Å². The molecule has 1 N–H and O–H groups in total. The lowest BCUT2D eigenvalue weighted by Crippen LogP contribution is -2.46. The molecule has 1 aromatic heterocycles. The molecule has 1 saturated heterocycles. The summed E-state index contributed by atoms with van der Waals surface area (Å²) in [7, 11) is 1.65. The van der Waals surface area contributed by atoms with Crippen LogP contribution in [0.1, 0.15) is 22.8 Å². The number of hydrogen-bond donors (Lipinski definition) is 1.